The molecule has 0 radical (unpaired) electrons. The molecule has 0 bridgehead atoms. The van der Waals surface area contributed by atoms with Crippen molar-refractivity contribution in [3.8, 4) is 0 Å². The van der Waals surface area contributed by atoms with Gasteiger partial charge in [0, 0.05) is 19.2 Å². The van der Waals surface area contributed by atoms with E-state index in [1.54, 1.807) is 12.1 Å². The molecule has 2 amide bonds. The zero-order chi connectivity index (χ0) is 15.1. The van der Waals surface area contributed by atoms with E-state index in [-0.39, 0.29) is 31.3 Å². The molecule has 0 aliphatic heterocycles. The van der Waals surface area contributed by atoms with E-state index in [4.69, 9.17) is 5.11 Å². The number of nitrogens with zero attached hydrogens (tertiary/aromatic N) is 1. The molecular weight excluding hydrogens is 260 g/mol. The second kappa shape index (κ2) is 7.28. The third-order valence-corrected chi connectivity index (χ3v) is 2.88. The molecule has 0 saturated carbocycles. The summed E-state index contributed by atoms with van der Waals surface area (Å²) in [5.41, 5.74) is 1.35. The third kappa shape index (κ3) is 4.72. The van der Waals surface area contributed by atoms with Gasteiger partial charge >= 0.3 is 5.97 Å². The number of nitrogens with one attached hydrogen (secondary N) is 1. The minimum atomic E-state index is -0.964. The lowest BCUT2D eigenvalue weighted by molar-refractivity contribution is -0.138. The zero-order valence-electron chi connectivity index (χ0n) is 11.5. The molecule has 1 rings (SSSR count). The molecule has 0 spiro atoms. The van der Waals surface area contributed by atoms with E-state index in [1.165, 1.54) is 11.9 Å². The lowest BCUT2D eigenvalue weighted by atomic mass is 10.1. The second-order valence-corrected chi connectivity index (χ2v) is 4.46. The van der Waals surface area contributed by atoms with Crippen molar-refractivity contribution >= 4 is 17.8 Å². The predicted octanol–water partition coefficient (Wildman–Crippen LogP) is 0.658. The van der Waals surface area contributed by atoms with Gasteiger partial charge in [-0.3, -0.25) is 14.4 Å². The fourth-order valence-corrected chi connectivity index (χ4v) is 1.60. The summed E-state index contributed by atoms with van der Waals surface area (Å²) in [5.74, 6) is -1.61. The molecule has 1 aromatic rings. The van der Waals surface area contributed by atoms with Crippen LogP contribution in [0.3, 0.4) is 0 Å². The Morgan fingerprint density at radius 3 is 2.50 bits per heavy atom. The highest BCUT2D eigenvalue weighted by Crippen LogP contribution is 2.06. The largest absolute Gasteiger partial charge is 0.481 e. The van der Waals surface area contributed by atoms with Crippen LogP contribution in [0.5, 0.6) is 0 Å². The Morgan fingerprint density at radius 2 is 1.90 bits per heavy atom. The summed E-state index contributed by atoms with van der Waals surface area (Å²) >= 11 is 0. The molecule has 0 heterocycles. The van der Waals surface area contributed by atoms with Gasteiger partial charge in [0.15, 0.2) is 0 Å². The Morgan fingerprint density at radius 1 is 1.25 bits per heavy atom. The van der Waals surface area contributed by atoms with Gasteiger partial charge in [0.25, 0.3) is 5.91 Å². The van der Waals surface area contributed by atoms with Gasteiger partial charge in [-0.05, 0) is 18.6 Å². The number of aryl methyl sites for hydroxylation is 1. The van der Waals surface area contributed by atoms with Crippen molar-refractivity contribution in [1.82, 2.24) is 10.2 Å². The number of hydrogen-bond acceptors (Lipinski definition) is 3. The van der Waals surface area contributed by atoms with Gasteiger partial charge in [-0.15, -0.1) is 0 Å². The molecule has 6 heteroatoms. The predicted molar refractivity (Wildman–Crippen MR) is 73.4 cm³/mol. The number of carbonyl (C=O) groups excluding carboxylic acids is 2. The summed E-state index contributed by atoms with van der Waals surface area (Å²) in [6, 6.07) is 7.08. The smallest absolute Gasteiger partial charge is 0.305 e. The van der Waals surface area contributed by atoms with Crippen LogP contribution in [0.2, 0.25) is 0 Å². The highest BCUT2D eigenvalue weighted by Gasteiger charge is 2.13. The second-order valence-electron chi connectivity index (χ2n) is 4.46. The molecule has 1 aromatic carbocycles. The molecule has 2 N–H and O–H groups in total. The van der Waals surface area contributed by atoms with Gasteiger partial charge < -0.3 is 15.3 Å². The molecule has 0 aliphatic carbocycles. The maximum Gasteiger partial charge on any atom is 0.305 e. The van der Waals surface area contributed by atoms with Crippen molar-refractivity contribution in [1.29, 1.82) is 0 Å². The fraction of sp³-hybridized carbons (Fsp3) is 0.357. The quantitative estimate of drug-likeness (QED) is 0.800. The Bertz CT molecular complexity index is 514. The normalized spacial score (nSPS) is 9.90. The number of rotatable bonds is 6. The molecule has 0 atom stereocenters. The van der Waals surface area contributed by atoms with E-state index in [0.717, 1.165) is 5.56 Å². The Hall–Kier alpha value is -2.37. The van der Waals surface area contributed by atoms with Crippen LogP contribution in [0.15, 0.2) is 24.3 Å². The first kappa shape index (κ1) is 15.7. The lowest BCUT2D eigenvalue weighted by Crippen LogP contribution is -2.39. The van der Waals surface area contributed by atoms with Crippen LogP contribution in [0.4, 0.5) is 0 Å². The van der Waals surface area contributed by atoms with Crippen LogP contribution in [0, 0.1) is 6.92 Å². The number of carboxylic acid groups (broad SMARTS) is 1. The minimum Gasteiger partial charge on any atom is -0.481 e. The van der Waals surface area contributed by atoms with E-state index in [9.17, 15) is 14.4 Å². The van der Waals surface area contributed by atoms with E-state index in [0.29, 0.717) is 5.56 Å². The third-order valence-electron chi connectivity index (χ3n) is 2.88. The lowest BCUT2D eigenvalue weighted by Gasteiger charge is -2.16. The molecule has 0 unspecified atom stereocenters. The maximum atomic E-state index is 11.9. The number of benzene rings is 1. The molecule has 108 valence electrons. The SMILES string of the molecule is Cc1ccccc1C(=O)NCC(=O)N(C)CCC(=O)O. The number of likely N-dealkylation sites (N-methyl/N-ethyl adjacent to an activating group) is 1. The van der Waals surface area contributed by atoms with Crippen molar-refractivity contribution in [3.63, 3.8) is 0 Å². The van der Waals surface area contributed by atoms with Gasteiger partial charge in [0.2, 0.25) is 5.91 Å². The monoisotopic (exact) mass is 278 g/mol. The highest BCUT2D eigenvalue weighted by atomic mass is 16.4. The summed E-state index contributed by atoms with van der Waals surface area (Å²) in [6.07, 6.45) is -0.117. The van der Waals surface area contributed by atoms with Gasteiger partial charge in [-0.1, -0.05) is 18.2 Å². The van der Waals surface area contributed by atoms with Crippen molar-refractivity contribution < 1.29 is 19.5 Å². The average molecular weight is 278 g/mol. The number of amides is 2. The van der Waals surface area contributed by atoms with Crippen LogP contribution in [-0.4, -0.2) is 47.9 Å². The topological polar surface area (TPSA) is 86.7 Å². The van der Waals surface area contributed by atoms with Gasteiger partial charge in [-0.25, -0.2) is 0 Å². The van der Waals surface area contributed by atoms with Crippen molar-refractivity contribution in [2.45, 2.75) is 13.3 Å². The molecular formula is C14H18N2O4. The van der Waals surface area contributed by atoms with Crippen molar-refractivity contribution in [2.24, 2.45) is 0 Å². The number of hydrogen-bond donors (Lipinski definition) is 2. The first-order chi connectivity index (χ1) is 9.41. The highest BCUT2D eigenvalue weighted by molar-refractivity contribution is 5.97. The fourth-order valence-electron chi connectivity index (χ4n) is 1.60. The Kier molecular flexibility index (Phi) is 5.71. The van der Waals surface area contributed by atoms with Gasteiger partial charge in [0.05, 0.1) is 13.0 Å². The van der Waals surface area contributed by atoms with Crippen LogP contribution in [-0.2, 0) is 9.59 Å². The molecule has 0 aliphatic rings. The summed E-state index contributed by atoms with van der Waals surface area (Å²) in [7, 11) is 1.51. The van der Waals surface area contributed by atoms with E-state index in [1.807, 2.05) is 19.1 Å². The molecule has 6 nitrogen and oxygen atoms in total. The maximum absolute atomic E-state index is 11.9. The van der Waals surface area contributed by atoms with Crippen molar-refractivity contribution in [2.75, 3.05) is 20.1 Å². The average Bonchev–Trinajstić information content (AvgIpc) is 2.42. The molecule has 0 aromatic heterocycles. The minimum absolute atomic E-state index is 0.117. The Labute approximate surface area is 117 Å². The Balaban J connectivity index is 2.47. The van der Waals surface area contributed by atoms with Gasteiger partial charge in [0.1, 0.15) is 0 Å². The molecule has 0 saturated heterocycles. The zero-order valence-corrected chi connectivity index (χ0v) is 11.5. The van der Waals surface area contributed by atoms with E-state index >= 15 is 0 Å². The van der Waals surface area contributed by atoms with Crippen LogP contribution in [0.1, 0.15) is 22.3 Å². The number of carbonyl (C=O) groups is 3. The van der Waals surface area contributed by atoms with Crippen LogP contribution in [0.25, 0.3) is 0 Å². The molecule has 0 fully saturated rings. The summed E-state index contributed by atoms with van der Waals surface area (Å²) < 4.78 is 0. The number of aliphatic carboxylic acids is 1. The molecule has 20 heavy (non-hydrogen) atoms. The van der Waals surface area contributed by atoms with E-state index in [2.05, 4.69) is 5.32 Å². The first-order valence-electron chi connectivity index (χ1n) is 6.21. The first-order valence-corrected chi connectivity index (χ1v) is 6.21. The number of carboxylic acids is 1. The van der Waals surface area contributed by atoms with Gasteiger partial charge in [-0.2, -0.15) is 0 Å². The van der Waals surface area contributed by atoms with E-state index < -0.39 is 5.97 Å². The van der Waals surface area contributed by atoms with Crippen LogP contribution < -0.4 is 5.32 Å². The van der Waals surface area contributed by atoms with Crippen molar-refractivity contribution in [3.05, 3.63) is 35.4 Å². The standard InChI is InChI=1S/C14H18N2O4/c1-10-5-3-4-6-11(10)14(20)15-9-12(17)16(2)8-7-13(18)19/h3-6H,7-9H2,1-2H3,(H,15,20)(H,18,19). The summed E-state index contributed by atoms with van der Waals surface area (Å²) in [5, 5.41) is 11.1. The van der Waals surface area contributed by atoms with Crippen LogP contribution >= 0.6 is 0 Å². The summed E-state index contributed by atoms with van der Waals surface area (Å²) in [4.78, 5) is 35.3. The summed E-state index contributed by atoms with van der Waals surface area (Å²) in [6.45, 7) is 1.79.